The zero-order valence-corrected chi connectivity index (χ0v) is 11.4. The molecule has 0 spiro atoms. The molecule has 1 saturated heterocycles. The van der Waals surface area contributed by atoms with Crippen molar-refractivity contribution in [3.05, 3.63) is 52.4 Å². The Hall–Kier alpha value is -1.92. The maximum absolute atomic E-state index is 14.1. The van der Waals surface area contributed by atoms with Crippen molar-refractivity contribution in [2.24, 2.45) is 5.92 Å². The second-order valence-electron chi connectivity index (χ2n) is 6.01. The molecule has 2 nitrogen and oxygen atoms in total. The van der Waals surface area contributed by atoms with E-state index in [0.29, 0.717) is 23.1 Å². The van der Waals surface area contributed by atoms with Gasteiger partial charge in [0.25, 0.3) is 0 Å². The highest BCUT2D eigenvalue weighted by Gasteiger charge is 2.45. The van der Waals surface area contributed by atoms with Gasteiger partial charge in [-0.1, -0.05) is 13.0 Å². The first-order valence-corrected chi connectivity index (χ1v) is 7.05. The zero-order chi connectivity index (χ0) is 13.9. The Morgan fingerprint density at radius 2 is 2.25 bits per heavy atom. The van der Waals surface area contributed by atoms with Gasteiger partial charge in [0.05, 0.1) is 11.6 Å². The summed E-state index contributed by atoms with van der Waals surface area (Å²) >= 11 is 0. The van der Waals surface area contributed by atoms with E-state index in [9.17, 15) is 4.39 Å². The normalized spacial score (nSPS) is 30.4. The van der Waals surface area contributed by atoms with Crippen LogP contribution in [0, 0.1) is 23.1 Å². The van der Waals surface area contributed by atoms with Gasteiger partial charge in [0.1, 0.15) is 5.82 Å². The van der Waals surface area contributed by atoms with Crippen LogP contribution in [0.25, 0.3) is 5.57 Å². The number of fused-ring (bicyclic) bond motifs is 2. The molecule has 0 radical (unpaired) electrons. The lowest BCUT2D eigenvalue weighted by Gasteiger charge is -2.23. The molecule has 4 rings (SSSR count). The number of benzene rings is 1. The average Bonchev–Trinajstić information content (AvgIpc) is 3.13. The molecule has 1 aromatic rings. The largest absolute Gasteiger partial charge is 0.289 e. The summed E-state index contributed by atoms with van der Waals surface area (Å²) < 4.78 is 14.1. The molecule has 2 aliphatic heterocycles. The van der Waals surface area contributed by atoms with Gasteiger partial charge in [0.2, 0.25) is 0 Å². The standard InChI is InChI=1S/C17H15FN2/c1-10-4-12(6-14-15(10)8-20-9-17(14)20)13-5-11(7-19)2-3-16(13)18/h2-3,5-6,10,17H,4,8-9H2,1H3. The van der Waals surface area contributed by atoms with Gasteiger partial charge in [-0.3, -0.25) is 4.90 Å². The summed E-state index contributed by atoms with van der Waals surface area (Å²) in [5.74, 6) is 0.250. The molecule has 1 aromatic carbocycles. The molecule has 1 aliphatic carbocycles. The lowest BCUT2D eigenvalue weighted by Crippen LogP contribution is -2.12. The van der Waals surface area contributed by atoms with E-state index in [1.165, 1.54) is 23.3 Å². The third-order valence-corrected chi connectivity index (χ3v) is 4.71. The highest BCUT2D eigenvalue weighted by atomic mass is 19.1. The SMILES string of the molecule is CC1CC(c2cc(C#N)ccc2F)=CC2=C1CN1CC21. The number of rotatable bonds is 1. The molecule has 0 bridgehead atoms. The second-order valence-corrected chi connectivity index (χ2v) is 6.01. The minimum absolute atomic E-state index is 0.225. The van der Waals surface area contributed by atoms with Gasteiger partial charge in [-0.25, -0.2) is 4.39 Å². The van der Waals surface area contributed by atoms with Crippen LogP contribution >= 0.6 is 0 Å². The van der Waals surface area contributed by atoms with Crippen LogP contribution in [0.4, 0.5) is 4.39 Å². The molecular formula is C17H15FN2. The average molecular weight is 266 g/mol. The van der Waals surface area contributed by atoms with Gasteiger partial charge in [-0.05, 0) is 47.3 Å². The van der Waals surface area contributed by atoms with Crippen LogP contribution in [0.2, 0.25) is 0 Å². The van der Waals surface area contributed by atoms with Crippen LogP contribution in [-0.2, 0) is 0 Å². The van der Waals surface area contributed by atoms with Crippen molar-refractivity contribution in [1.82, 2.24) is 4.90 Å². The monoisotopic (exact) mass is 266 g/mol. The Morgan fingerprint density at radius 3 is 3.05 bits per heavy atom. The van der Waals surface area contributed by atoms with Gasteiger partial charge < -0.3 is 0 Å². The van der Waals surface area contributed by atoms with Gasteiger partial charge in [-0.15, -0.1) is 0 Å². The molecule has 3 heteroatoms. The van der Waals surface area contributed by atoms with E-state index in [4.69, 9.17) is 5.26 Å². The van der Waals surface area contributed by atoms with E-state index in [-0.39, 0.29) is 5.82 Å². The van der Waals surface area contributed by atoms with Crippen LogP contribution in [-0.4, -0.2) is 24.0 Å². The lowest BCUT2D eigenvalue weighted by atomic mass is 9.81. The molecule has 0 amide bonds. The highest BCUT2D eigenvalue weighted by Crippen LogP contribution is 2.46. The summed E-state index contributed by atoms with van der Waals surface area (Å²) in [6, 6.07) is 7.29. The smallest absolute Gasteiger partial charge is 0.130 e. The Kier molecular flexibility index (Phi) is 2.40. The Balaban J connectivity index is 1.80. The molecule has 3 unspecified atom stereocenters. The topological polar surface area (TPSA) is 26.8 Å². The van der Waals surface area contributed by atoms with Crippen LogP contribution in [0.1, 0.15) is 24.5 Å². The number of halogens is 1. The van der Waals surface area contributed by atoms with Crippen LogP contribution in [0.15, 0.2) is 35.4 Å². The van der Waals surface area contributed by atoms with E-state index in [1.807, 2.05) is 0 Å². The number of hydrogen-bond donors (Lipinski definition) is 0. The molecular weight excluding hydrogens is 251 g/mol. The van der Waals surface area contributed by atoms with Crippen molar-refractivity contribution in [3.63, 3.8) is 0 Å². The molecule has 0 N–H and O–H groups in total. The van der Waals surface area contributed by atoms with Crippen LogP contribution in [0.5, 0.6) is 0 Å². The minimum Gasteiger partial charge on any atom is -0.289 e. The fraction of sp³-hybridized carbons (Fsp3) is 0.353. The molecule has 20 heavy (non-hydrogen) atoms. The summed E-state index contributed by atoms with van der Waals surface area (Å²) in [7, 11) is 0. The number of hydrogen-bond acceptors (Lipinski definition) is 2. The summed E-state index contributed by atoms with van der Waals surface area (Å²) in [5.41, 5.74) is 5.10. The number of nitrogens with zero attached hydrogens (tertiary/aromatic N) is 2. The van der Waals surface area contributed by atoms with Gasteiger partial charge in [0.15, 0.2) is 0 Å². The van der Waals surface area contributed by atoms with Gasteiger partial charge in [0, 0.05) is 24.7 Å². The zero-order valence-electron chi connectivity index (χ0n) is 11.4. The lowest BCUT2D eigenvalue weighted by molar-refractivity contribution is 0.566. The van der Waals surface area contributed by atoms with E-state index >= 15 is 0 Å². The van der Waals surface area contributed by atoms with Crippen molar-refractivity contribution in [1.29, 1.82) is 5.26 Å². The van der Waals surface area contributed by atoms with Crippen LogP contribution in [0.3, 0.4) is 0 Å². The minimum atomic E-state index is -0.225. The Bertz CT molecular complexity index is 708. The summed E-state index contributed by atoms with van der Waals surface area (Å²) in [6.07, 6.45) is 3.04. The van der Waals surface area contributed by atoms with Crippen molar-refractivity contribution >= 4 is 5.57 Å². The number of allylic oxidation sites excluding steroid dienone is 1. The van der Waals surface area contributed by atoms with Crippen molar-refractivity contribution in [3.8, 4) is 6.07 Å². The molecule has 3 atom stereocenters. The van der Waals surface area contributed by atoms with Crippen molar-refractivity contribution < 1.29 is 4.39 Å². The van der Waals surface area contributed by atoms with Crippen molar-refractivity contribution in [2.75, 3.05) is 13.1 Å². The molecule has 0 aromatic heterocycles. The van der Waals surface area contributed by atoms with Gasteiger partial charge in [-0.2, -0.15) is 5.26 Å². The Labute approximate surface area is 117 Å². The predicted octanol–water partition coefficient (Wildman–Crippen LogP) is 3.11. The fourth-order valence-electron chi connectivity index (χ4n) is 3.53. The Morgan fingerprint density at radius 1 is 1.40 bits per heavy atom. The fourth-order valence-corrected chi connectivity index (χ4v) is 3.53. The van der Waals surface area contributed by atoms with E-state index in [0.717, 1.165) is 25.1 Å². The molecule has 0 saturated carbocycles. The molecule has 2 heterocycles. The highest BCUT2D eigenvalue weighted by molar-refractivity contribution is 5.73. The van der Waals surface area contributed by atoms with Crippen molar-refractivity contribution in [2.45, 2.75) is 19.4 Å². The van der Waals surface area contributed by atoms with E-state index < -0.39 is 0 Å². The maximum atomic E-state index is 14.1. The predicted molar refractivity (Wildman–Crippen MR) is 75.3 cm³/mol. The summed E-state index contributed by atoms with van der Waals surface area (Å²) in [5, 5.41) is 8.99. The molecule has 100 valence electrons. The first-order chi connectivity index (χ1) is 9.67. The van der Waals surface area contributed by atoms with E-state index in [2.05, 4.69) is 24.0 Å². The number of nitriles is 1. The molecule has 3 aliphatic rings. The maximum Gasteiger partial charge on any atom is 0.130 e. The van der Waals surface area contributed by atoms with E-state index in [1.54, 1.807) is 6.07 Å². The van der Waals surface area contributed by atoms with Crippen LogP contribution < -0.4 is 0 Å². The summed E-state index contributed by atoms with van der Waals surface area (Å²) in [4.78, 5) is 2.45. The quantitative estimate of drug-likeness (QED) is 0.730. The first kappa shape index (κ1) is 11.9. The molecule has 1 fully saturated rings. The van der Waals surface area contributed by atoms with Gasteiger partial charge >= 0.3 is 0 Å². The summed E-state index contributed by atoms with van der Waals surface area (Å²) in [6.45, 7) is 4.46. The third-order valence-electron chi connectivity index (χ3n) is 4.71. The first-order valence-electron chi connectivity index (χ1n) is 7.05. The second kappa shape index (κ2) is 4.04. The third kappa shape index (κ3) is 1.65.